The Balaban J connectivity index is 2.45. The van der Waals surface area contributed by atoms with Gasteiger partial charge in [0.25, 0.3) is 0 Å². The molecule has 0 radical (unpaired) electrons. The molecule has 22 heavy (non-hydrogen) atoms. The summed E-state index contributed by atoms with van der Waals surface area (Å²) < 4.78 is 43.0. The third-order valence-corrected chi connectivity index (χ3v) is 3.09. The summed E-state index contributed by atoms with van der Waals surface area (Å²) in [5, 5.41) is 8.79. The van der Waals surface area contributed by atoms with Crippen molar-refractivity contribution in [1.29, 1.82) is 0 Å². The van der Waals surface area contributed by atoms with Crippen molar-refractivity contribution < 1.29 is 27.8 Å². The molecule has 0 unspecified atom stereocenters. The average molecular weight is 319 g/mol. The molecule has 1 rings (SSSR count). The summed E-state index contributed by atoms with van der Waals surface area (Å²) in [6.07, 6.45) is -3.86. The number of halogens is 3. The second-order valence-corrected chi connectivity index (χ2v) is 5.19. The van der Waals surface area contributed by atoms with E-state index in [1.54, 1.807) is 4.90 Å². The van der Waals surface area contributed by atoms with Crippen LogP contribution in [0.4, 0.5) is 13.2 Å². The van der Waals surface area contributed by atoms with Gasteiger partial charge >= 0.3 is 12.1 Å². The molecule has 0 spiro atoms. The molecular formula is C15H20F3NO3. The Bertz CT molecular complexity index is 489. The van der Waals surface area contributed by atoms with Gasteiger partial charge in [-0.15, -0.1) is 0 Å². The van der Waals surface area contributed by atoms with E-state index in [0.717, 1.165) is 12.1 Å². The van der Waals surface area contributed by atoms with Crippen LogP contribution in [0.5, 0.6) is 5.75 Å². The SMILES string of the molecule is CC(C)N(CCCOc1cccc(C(F)(F)F)c1)CC(=O)O. The second-order valence-electron chi connectivity index (χ2n) is 5.19. The van der Waals surface area contributed by atoms with Crippen molar-refractivity contribution >= 4 is 5.97 Å². The summed E-state index contributed by atoms with van der Waals surface area (Å²) >= 11 is 0. The first-order valence-electron chi connectivity index (χ1n) is 6.96. The number of rotatable bonds is 8. The van der Waals surface area contributed by atoms with Crippen LogP contribution in [-0.4, -0.2) is 41.7 Å². The Morgan fingerprint density at radius 2 is 2.05 bits per heavy atom. The first kappa shape index (κ1) is 18.3. The van der Waals surface area contributed by atoms with E-state index in [0.29, 0.717) is 13.0 Å². The third kappa shape index (κ3) is 6.34. The van der Waals surface area contributed by atoms with Gasteiger partial charge in [0, 0.05) is 12.6 Å². The molecule has 0 aliphatic heterocycles. The van der Waals surface area contributed by atoms with Crippen LogP contribution in [-0.2, 0) is 11.0 Å². The summed E-state index contributed by atoms with van der Waals surface area (Å²) in [4.78, 5) is 12.5. The zero-order chi connectivity index (χ0) is 16.8. The number of ether oxygens (including phenoxy) is 1. The van der Waals surface area contributed by atoms with Crippen LogP contribution in [0.15, 0.2) is 24.3 Å². The Morgan fingerprint density at radius 3 is 2.59 bits per heavy atom. The molecule has 0 saturated carbocycles. The standard InChI is InChI=1S/C15H20F3NO3/c1-11(2)19(10-14(20)21)7-4-8-22-13-6-3-5-12(9-13)15(16,17)18/h3,5-6,9,11H,4,7-8,10H2,1-2H3,(H,20,21). The lowest BCUT2D eigenvalue weighted by molar-refractivity contribution is -0.139. The van der Waals surface area contributed by atoms with Crippen LogP contribution in [0, 0.1) is 0 Å². The van der Waals surface area contributed by atoms with E-state index in [1.807, 2.05) is 13.8 Å². The number of aliphatic carboxylic acids is 1. The maximum atomic E-state index is 12.6. The number of carbonyl (C=O) groups is 1. The van der Waals surface area contributed by atoms with E-state index in [-0.39, 0.29) is 24.9 Å². The number of nitrogens with zero attached hydrogens (tertiary/aromatic N) is 1. The van der Waals surface area contributed by atoms with E-state index in [4.69, 9.17) is 9.84 Å². The molecule has 1 aromatic rings. The van der Waals surface area contributed by atoms with Gasteiger partial charge in [-0.2, -0.15) is 13.2 Å². The molecule has 0 aliphatic carbocycles. The summed E-state index contributed by atoms with van der Waals surface area (Å²) in [7, 11) is 0. The maximum absolute atomic E-state index is 12.6. The van der Waals surface area contributed by atoms with Crippen LogP contribution in [0.1, 0.15) is 25.8 Å². The molecule has 0 aromatic heterocycles. The van der Waals surface area contributed by atoms with Crippen molar-refractivity contribution in [2.45, 2.75) is 32.5 Å². The van der Waals surface area contributed by atoms with Crippen molar-refractivity contribution in [3.63, 3.8) is 0 Å². The highest BCUT2D eigenvalue weighted by molar-refractivity contribution is 5.69. The minimum atomic E-state index is -4.39. The minimum Gasteiger partial charge on any atom is -0.494 e. The van der Waals surface area contributed by atoms with Gasteiger partial charge in [0.2, 0.25) is 0 Å². The first-order valence-corrected chi connectivity index (χ1v) is 6.96. The van der Waals surface area contributed by atoms with Crippen LogP contribution in [0.3, 0.4) is 0 Å². The number of alkyl halides is 3. The number of hydrogen-bond acceptors (Lipinski definition) is 3. The average Bonchev–Trinajstić information content (AvgIpc) is 2.41. The van der Waals surface area contributed by atoms with Gasteiger partial charge in [-0.05, 0) is 38.5 Å². The normalized spacial score (nSPS) is 12.0. The molecule has 1 N–H and O–H groups in total. The molecule has 4 nitrogen and oxygen atoms in total. The van der Waals surface area contributed by atoms with Crippen LogP contribution < -0.4 is 4.74 Å². The van der Waals surface area contributed by atoms with Gasteiger partial charge in [0.1, 0.15) is 5.75 Å². The molecular weight excluding hydrogens is 299 g/mol. The number of benzene rings is 1. The van der Waals surface area contributed by atoms with Crippen molar-refractivity contribution in [3.8, 4) is 5.75 Å². The highest BCUT2D eigenvalue weighted by atomic mass is 19.4. The fraction of sp³-hybridized carbons (Fsp3) is 0.533. The summed E-state index contributed by atoms with van der Waals surface area (Å²) in [6, 6.07) is 4.78. The Morgan fingerprint density at radius 1 is 1.36 bits per heavy atom. The number of hydrogen-bond donors (Lipinski definition) is 1. The van der Waals surface area contributed by atoms with Crippen molar-refractivity contribution in [2.24, 2.45) is 0 Å². The molecule has 7 heteroatoms. The van der Waals surface area contributed by atoms with Crippen LogP contribution in [0.2, 0.25) is 0 Å². The monoisotopic (exact) mass is 319 g/mol. The van der Waals surface area contributed by atoms with Crippen molar-refractivity contribution in [3.05, 3.63) is 29.8 Å². The van der Waals surface area contributed by atoms with E-state index < -0.39 is 17.7 Å². The molecule has 0 amide bonds. The summed E-state index contributed by atoms with van der Waals surface area (Å²) in [5.74, 6) is -0.753. The van der Waals surface area contributed by atoms with Crippen molar-refractivity contribution in [1.82, 2.24) is 4.90 Å². The fourth-order valence-corrected chi connectivity index (χ4v) is 1.91. The lowest BCUT2D eigenvalue weighted by Gasteiger charge is -2.24. The van der Waals surface area contributed by atoms with Gasteiger partial charge in [0.05, 0.1) is 18.7 Å². The molecule has 0 heterocycles. The topological polar surface area (TPSA) is 49.8 Å². The zero-order valence-electron chi connectivity index (χ0n) is 12.6. The van der Waals surface area contributed by atoms with Crippen LogP contribution in [0.25, 0.3) is 0 Å². The van der Waals surface area contributed by atoms with E-state index in [1.165, 1.54) is 12.1 Å². The van der Waals surface area contributed by atoms with Gasteiger partial charge in [0.15, 0.2) is 0 Å². The Hall–Kier alpha value is -1.76. The smallest absolute Gasteiger partial charge is 0.416 e. The minimum absolute atomic E-state index is 0.0682. The highest BCUT2D eigenvalue weighted by Gasteiger charge is 2.30. The fourth-order valence-electron chi connectivity index (χ4n) is 1.91. The largest absolute Gasteiger partial charge is 0.494 e. The maximum Gasteiger partial charge on any atom is 0.416 e. The lowest BCUT2D eigenvalue weighted by atomic mass is 10.2. The number of carboxylic acid groups (broad SMARTS) is 1. The molecule has 1 aromatic carbocycles. The van der Waals surface area contributed by atoms with Crippen molar-refractivity contribution in [2.75, 3.05) is 19.7 Å². The predicted molar refractivity (Wildman–Crippen MR) is 75.9 cm³/mol. The molecule has 0 fully saturated rings. The van der Waals surface area contributed by atoms with Gasteiger partial charge < -0.3 is 9.84 Å². The molecule has 0 saturated heterocycles. The van der Waals surface area contributed by atoms with Gasteiger partial charge in [-0.25, -0.2) is 0 Å². The summed E-state index contributed by atoms with van der Waals surface area (Å²) in [5.41, 5.74) is -0.750. The van der Waals surface area contributed by atoms with Gasteiger partial charge in [-0.1, -0.05) is 6.07 Å². The molecule has 0 bridgehead atoms. The second kappa shape index (κ2) is 8.03. The summed E-state index contributed by atoms with van der Waals surface area (Å²) in [6.45, 7) is 4.43. The Kier molecular flexibility index (Phi) is 6.67. The van der Waals surface area contributed by atoms with E-state index in [2.05, 4.69) is 0 Å². The number of carboxylic acids is 1. The van der Waals surface area contributed by atoms with Gasteiger partial charge in [-0.3, -0.25) is 9.69 Å². The Labute approximate surface area is 127 Å². The third-order valence-electron chi connectivity index (χ3n) is 3.09. The molecule has 0 atom stereocenters. The van der Waals surface area contributed by atoms with E-state index >= 15 is 0 Å². The first-order chi connectivity index (χ1) is 10.2. The van der Waals surface area contributed by atoms with Crippen LogP contribution >= 0.6 is 0 Å². The quantitative estimate of drug-likeness (QED) is 0.747. The van der Waals surface area contributed by atoms with E-state index in [9.17, 15) is 18.0 Å². The molecule has 124 valence electrons. The zero-order valence-corrected chi connectivity index (χ0v) is 12.6. The lowest BCUT2D eigenvalue weighted by Crippen LogP contribution is -2.36. The molecule has 0 aliphatic rings. The highest BCUT2D eigenvalue weighted by Crippen LogP contribution is 2.31. The predicted octanol–water partition coefficient (Wildman–Crippen LogP) is 3.27.